The quantitative estimate of drug-likeness (QED) is 0.0375. The van der Waals surface area contributed by atoms with E-state index in [4.69, 9.17) is 31.9 Å². The Morgan fingerprint density at radius 3 is 1.58 bits per heavy atom. The van der Waals surface area contributed by atoms with E-state index >= 15 is 0 Å². The highest BCUT2D eigenvalue weighted by molar-refractivity contribution is 6.34. The molecule has 0 aliphatic rings. The van der Waals surface area contributed by atoms with E-state index in [9.17, 15) is 38.4 Å². The Balaban J connectivity index is 4.71. The predicted molar refractivity (Wildman–Crippen MR) is 189 cm³/mol. The number of hydrogen-bond acceptors (Lipinski definition) is 9. The van der Waals surface area contributed by atoms with E-state index in [-0.39, 0.29) is 57.1 Å². The van der Waals surface area contributed by atoms with Crippen molar-refractivity contribution in [2.75, 3.05) is 39.3 Å². The van der Waals surface area contributed by atoms with Gasteiger partial charge < -0.3 is 36.4 Å². The van der Waals surface area contributed by atoms with Crippen LogP contribution in [-0.4, -0.2) is 134 Å². The number of amides is 7. The lowest BCUT2D eigenvalue weighted by Gasteiger charge is -2.20. The van der Waals surface area contributed by atoms with Crippen LogP contribution >= 0.6 is 0 Å². The number of Topliss-reactive ketones (excluding diaryl/α,β-unsaturated/α-hetero) is 1. The molecule has 0 aromatic rings. The summed E-state index contributed by atoms with van der Waals surface area (Å²) in [6, 6.07) is -1.11. The summed E-state index contributed by atoms with van der Waals surface area (Å²) in [6.07, 6.45) is 4.88. The van der Waals surface area contributed by atoms with Crippen LogP contribution in [0.3, 0.4) is 0 Å². The third-order valence-corrected chi connectivity index (χ3v) is 7.34. The van der Waals surface area contributed by atoms with Crippen molar-refractivity contribution in [2.24, 2.45) is 5.92 Å². The zero-order valence-corrected chi connectivity index (χ0v) is 29.4. The zero-order valence-electron chi connectivity index (χ0n) is 29.4. The number of ketones is 1. The van der Waals surface area contributed by atoms with Gasteiger partial charge in [0.05, 0.1) is 26.1 Å². The van der Waals surface area contributed by atoms with Gasteiger partial charge in [0.25, 0.3) is 0 Å². The van der Waals surface area contributed by atoms with Crippen LogP contribution in [0.1, 0.15) is 90.9 Å². The molecule has 0 fully saturated rings. The average Bonchev–Trinajstić information content (AvgIpc) is 3.06. The van der Waals surface area contributed by atoms with E-state index in [1.165, 1.54) is 4.90 Å². The summed E-state index contributed by atoms with van der Waals surface area (Å²) in [5, 5.41) is 14.6. The van der Waals surface area contributed by atoms with Gasteiger partial charge >= 0.3 is 0 Å². The molecule has 0 saturated carbocycles. The molecule has 0 saturated heterocycles. The number of nitrogens with one attached hydrogen (secondary N) is 6. The second kappa shape index (κ2) is 27.9. The van der Waals surface area contributed by atoms with Crippen molar-refractivity contribution in [3.63, 3.8) is 0 Å². The maximum absolute atomic E-state index is 12.9. The molecule has 8 radical (unpaired) electrons. The van der Waals surface area contributed by atoms with Gasteiger partial charge in [-0.3, -0.25) is 43.3 Å². The molecule has 20 heteroatoms. The number of unbranched alkanes of at least 4 members (excludes halogenated alkanes) is 5. The first-order chi connectivity index (χ1) is 23.7. The molecule has 7 amide bonds. The molecule has 0 bridgehead atoms. The standard InChI is InChI=1S/C30H50B4N8O8/c1-21(2)23(43)11-6-7-12-24(44)38-22(30(50)37-16-8-3-5-13-29(49)42(33)34)17-25(45)35-14-9-4-10-15-36-26(46)18-41(19-27(47)39-31)20-28(48)40-32/h21-22H,3-20H2,1-2H3,(H,35,45)(H,36,46)(H,37,50)(H,38,44)(H,39,47)(H,40,48)/t22-/m0/s1. The zero-order chi connectivity index (χ0) is 37.9. The van der Waals surface area contributed by atoms with E-state index in [1.807, 2.05) is 24.3 Å². The Hall–Kier alpha value is -3.82. The van der Waals surface area contributed by atoms with Gasteiger partial charge in [-0.05, 0) is 44.9 Å². The number of rotatable bonds is 28. The highest BCUT2D eigenvalue weighted by Gasteiger charge is 2.24. The average molecular weight is 694 g/mol. The topological polar surface area (TPSA) is 215 Å². The Labute approximate surface area is 300 Å². The Bertz CT molecular complexity index is 1100. The minimum absolute atomic E-state index is 0.0769. The van der Waals surface area contributed by atoms with Crippen molar-refractivity contribution in [3.8, 4) is 0 Å². The van der Waals surface area contributed by atoms with Crippen LogP contribution in [0.15, 0.2) is 0 Å². The summed E-state index contributed by atoms with van der Waals surface area (Å²) in [7, 11) is 20.5. The molecule has 270 valence electrons. The largest absolute Gasteiger partial charge is 0.449 e. The third kappa shape index (κ3) is 24.3. The second-order valence-electron chi connectivity index (χ2n) is 12.1. The van der Waals surface area contributed by atoms with Gasteiger partial charge in [0, 0.05) is 44.8 Å². The Morgan fingerprint density at radius 1 is 0.560 bits per heavy atom. The lowest BCUT2D eigenvalue weighted by molar-refractivity contribution is -0.132. The Morgan fingerprint density at radius 2 is 1.04 bits per heavy atom. The maximum Gasteiger partial charge on any atom is 0.243 e. The fourth-order valence-corrected chi connectivity index (χ4v) is 4.46. The van der Waals surface area contributed by atoms with E-state index in [2.05, 4.69) is 21.3 Å². The van der Waals surface area contributed by atoms with E-state index in [0.717, 1.165) is 0 Å². The van der Waals surface area contributed by atoms with Crippen LogP contribution in [0.5, 0.6) is 0 Å². The predicted octanol–water partition coefficient (Wildman–Crippen LogP) is -2.58. The van der Waals surface area contributed by atoms with Crippen molar-refractivity contribution in [1.82, 2.24) is 41.3 Å². The molecular formula is C30H50B4N8O8. The van der Waals surface area contributed by atoms with Gasteiger partial charge in [-0.15, -0.1) is 0 Å². The molecule has 0 unspecified atom stereocenters. The first-order valence-corrected chi connectivity index (χ1v) is 16.9. The smallest absolute Gasteiger partial charge is 0.243 e. The molecule has 0 heterocycles. The summed E-state index contributed by atoms with van der Waals surface area (Å²) >= 11 is 0. The summed E-state index contributed by atoms with van der Waals surface area (Å²) < 4.78 is 0.530. The number of carbonyl (C=O) groups is 8. The fraction of sp³-hybridized carbons (Fsp3) is 0.733. The summed E-state index contributed by atoms with van der Waals surface area (Å²) in [5.74, 6) is -3.30. The monoisotopic (exact) mass is 694 g/mol. The highest BCUT2D eigenvalue weighted by Crippen LogP contribution is 2.07. The van der Waals surface area contributed by atoms with Crippen molar-refractivity contribution in [3.05, 3.63) is 0 Å². The molecule has 1 atom stereocenters. The maximum atomic E-state index is 12.9. The van der Waals surface area contributed by atoms with Gasteiger partial charge in [-0.25, -0.2) is 0 Å². The minimum atomic E-state index is -1.11. The summed E-state index contributed by atoms with van der Waals surface area (Å²) in [4.78, 5) is 98.1. The van der Waals surface area contributed by atoms with Gasteiger partial charge in [-0.1, -0.05) is 20.3 Å². The third-order valence-electron chi connectivity index (χ3n) is 7.34. The van der Waals surface area contributed by atoms with Crippen LogP contribution in [0, 0.1) is 5.92 Å². The molecule has 0 aromatic heterocycles. The molecule has 0 aliphatic carbocycles. The summed E-state index contributed by atoms with van der Waals surface area (Å²) in [6.45, 7) is 3.73. The first-order valence-electron chi connectivity index (χ1n) is 16.9. The molecule has 0 aliphatic heterocycles. The molecule has 0 aromatic carbocycles. The molecule has 0 spiro atoms. The normalized spacial score (nSPS) is 11.3. The van der Waals surface area contributed by atoms with Crippen LogP contribution in [0.25, 0.3) is 0 Å². The van der Waals surface area contributed by atoms with Gasteiger partial charge in [0.1, 0.15) is 11.8 Å². The Kier molecular flexibility index (Phi) is 25.8. The number of hydrogen-bond donors (Lipinski definition) is 6. The SMILES string of the molecule is [B]NC(=O)CN(CC(=O)N[B])CC(=O)NCCCCCNC(=O)C[C@H](NC(=O)CCCCC(=O)C(C)C)C(=O)NCCCCCC(=O)N([B])[B]. The molecular weight excluding hydrogens is 644 g/mol. The van der Waals surface area contributed by atoms with Crippen LogP contribution in [-0.2, 0) is 38.4 Å². The van der Waals surface area contributed by atoms with Crippen LogP contribution in [0.4, 0.5) is 0 Å². The van der Waals surface area contributed by atoms with E-state index in [1.54, 1.807) is 0 Å². The number of carbonyl (C=O) groups excluding carboxylic acids is 8. The molecule has 50 heavy (non-hydrogen) atoms. The van der Waals surface area contributed by atoms with E-state index < -0.39 is 47.4 Å². The lowest BCUT2D eigenvalue weighted by Crippen LogP contribution is -2.49. The number of nitrogens with zero attached hydrogens (tertiary/aromatic N) is 2. The molecule has 0 rings (SSSR count). The van der Waals surface area contributed by atoms with Crippen molar-refractivity contribution < 1.29 is 38.4 Å². The first kappa shape index (κ1) is 46.2. The van der Waals surface area contributed by atoms with Crippen molar-refractivity contribution in [2.45, 2.75) is 96.9 Å². The van der Waals surface area contributed by atoms with Crippen LogP contribution in [0.2, 0.25) is 0 Å². The van der Waals surface area contributed by atoms with Crippen LogP contribution < -0.4 is 31.7 Å². The highest BCUT2D eigenvalue weighted by atomic mass is 16.2. The fourth-order valence-electron chi connectivity index (χ4n) is 4.46. The lowest BCUT2D eigenvalue weighted by atomic mass is 10.0. The van der Waals surface area contributed by atoms with Gasteiger partial charge in [0.2, 0.25) is 67.4 Å². The van der Waals surface area contributed by atoms with E-state index in [0.29, 0.717) is 75.6 Å². The van der Waals surface area contributed by atoms with Gasteiger partial charge in [0.15, 0.2) is 5.91 Å². The van der Waals surface area contributed by atoms with Crippen molar-refractivity contribution in [1.29, 1.82) is 0 Å². The van der Waals surface area contributed by atoms with Gasteiger partial charge in [-0.2, -0.15) is 0 Å². The summed E-state index contributed by atoms with van der Waals surface area (Å²) in [5.41, 5.74) is 0. The molecule has 6 N–H and O–H groups in total. The molecule has 16 nitrogen and oxygen atoms in total. The second-order valence-corrected chi connectivity index (χ2v) is 12.1. The van der Waals surface area contributed by atoms with Crippen molar-refractivity contribution >= 4 is 79.1 Å². The minimum Gasteiger partial charge on any atom is -0.449 e.